The molecule has 0 atom stereocenters. The molecule has 1 heterocycles. The van der Waals surface area contributed by atoms with Crippen molar-refractivity contribution < 1.29 is 16.8 Å². The van der Waals surface area contributed by atoms with Gasteiger partial charge in [0.2, 0.25) is 20.0 Å². The van der Waals surface area contributed by atoms with Crippen LogP contribution in [0, 0.1) is 0 Å². The lowest BCUT2D eigenvalue weighted by molar-refractivity contribution is 0.521. The van der Waals surface area contributed by atoms with Gasteiger partial charge in [-0.25, -0.2) is 30.8 Å². The second-order valence-corrected chi connectivity index (χ2v) is 11.8. The van der Waals surface area contributed by atoms with Crippen molar-refractivity contribution in [3.05, 3.63) is 18.2 Å². The monoisotopic (exact) mass is 448 g/mol. The van der Waals surface area contributed by atoms with Crippen molar-refractivity contribution in [2.45, 2.75) is 42.8 Å². The van der Waals surface area contributed by atoms with Gasteiger partial charge in [-0.05, 0) is 38.1 Å². The van der Waals surface area contributed by atoms with E-state index in [1.807, 2.05) is 0 Å². The summed E-state index contributed by atoms with van der Waals surface area (Å²) in [5, 5.41) is 0.782. The van der Waals surface area contributed by atoms with E-state index in [1.54, 1.807) is 18.2 Å². The summed E-state index contributed by atoms with van der Waals surface area (Å²) in [7, 11) is -2.33. The maximum atomic E-state index is 12.4. The molecule has 1 aromatic carbocycles. The average Bonchev–Trinajstić information content (AvgIpc) is 3.00. The lowest BCUT2D eigenvalue weighted by atomic mass is 10.3. The van der Waals surface area contributed by atoms with Crippen molar-refractivity contribution in [3.8, 4) is 0 Å². The molecule has 0 unspecified atom stereocenters. The highest BCUT2D eigenvalue weighted by molar-refractivity contribution is 7.99. The summed E-state index contributed by atoms with van der Waals surface area (Å²) in [6.45, 7) is 2.89. The summed E-state index contributed by atoms with van der Waals surface area (Å²) in [6.07, 6.45) is 2.51. The van der Waals surface area contributed by atoms with Crippen LogP contribution >= 0.6 is 11.8 Å². The maximum Gasteiger partial charge on any atom is 0.242 e. The van der Waals surface area contributed by atoms with Gasteiger partial charge in [0.25, 0.3) is 0 Å². The van der Waals surface area contributed by atoms with Crippen molar-refractivity contribution in [1.82, 2.24) is 18.6 Å². The standard InChI is InChI=1S/C17H28N4O4S3/c1-5-6-10-21-16-9-8-14(28(24,25)20(3)4)13-15(16)19-17(21)26-11-7-12-27(22,23)18-2/h8-9,13,18H,5-7,10-12H2,1-4H3. The predicted octanol–water partition coefficient (Wildman–Crippen LogP) is 2.12. The van der Waals surface area contributed by atoms with E-state index in [0.29, 0.717) is 17.7 Å². The summed E-state index contributed by atoms with van der Waals surface area (Å²) < 4.78 is 53.5. The first-order valence-corrected chi connectivity index (χ1v) is 13.2. The molecule has 0 saturated carbocycles. The number of nitrogens with one attached hydrogen (secondary N) is 1. The van der Waals surface area contributed by atoms with Gasteiger partial charge in [-0.3, -0.25) is 0 Å². The normalized spacial score (nSPS) is 12.9. The number of aromatic nitrogens is 2. The predicted molar refractivity (Wildman–Crippen MR) is 114 cm³/mol. The number of sulfonamides is 2. The second-order valence-electron chi connectivity index (χ2n) is 6.56. The molecule has 0 saturated heterocycles. The Morgan fingerprint density at radius 2 is 1.89 bits per heavy atom. The average molecular weight is 449 g/mol. The molecule has 2 aromatic rings. The number of hydrogen-bond acceptors (Lipinski definition) is 6. The molecule has 2 rings (SSSR count). The highest BCUT2D eigenvalue weighted by atomic mass is 32.2. The molecular formula is C17H28N4O4S3. The third kappa shape index (κ3) is 5.47. The lowest BCUT2D eigenvalue weighted by Gasteiger charge is -2.11. The third-order valence-electron chi connectivity index (χ3n) is 4.30. The minimum absolute atomic E-state index is 0.0664. The molecule has 0 bridgehead atoms. The molecule has 1 N–H and O–H groups in total. The molecule has 158 valence electrons. The quantitative estimate of drug-likeness (QED) is 0.417. The fraction of sp³-hybridized carbons (Fsp3) is 0.588. The number of unbranched alkanes of at least 4 members (excludes halogenated alkanes) is 1. The lowest BCUT2D eigenvalue weighted by Crippen LogP contribution is -2.22. The van der Waals surface area contributed by atoms with Gasteiger partial charge in [0, 0.05) is 26.4 Å². The number of imidazole rings is 1. The van der Waals surface area contributed by atoms with Gasteiger partial charge in [-0.15, -0.1) is 0 Å². The van der Waals surface area contributed by atoms with Gasteiger partial charge in [0.05, 0.1) is 21.7 Å². The fourth-order valence-electron chi connectivity index (χ4n) is 2.62. The molecule has 8 nitrogen and oxygen atoms in total. The Morgan fingerprint density at radius 1 is 1.18 bits per heavy atom. The summed E-state index contributed by atoms with van der Waals surface area (Å²) in [4.78, 5) is 4.84. The zero-order valence-corrected chi connectivity index (χ0v) is 19.1. The van der Waals surface area contributed by atoms with Gasteiger partial charge < -0.3 is 4.57 Å². The Morgan fingerprint density at radius 3 is 2.50 bits per heavy atom. The molecule has 0 fully saturated rings. The van der Waals surface area contributed by atoms with E-state index in [0.717, 1.165) is 30.1 Å². The highest BCUT2D eigenvalue weighted by Gasteiger charge is 2.20. The van der Waals surface area contributed by atoms with E-state index in [-0.39, 0.29) is 10.6 Å². The Kier molecular flexibility index (Phi) is 7.91. The number of thioether (sulfide) groups is 1. The van der Waals surface area contributed by atoms with E-state index in [1.165, 1.54) is 37.2 Å². The minimum atomic E-state index is -3.53. The van der Waals surface area contributed by atoms with Gasteiger partial charge in [0.1, 0.15) is 0 Å². The van der Waals surface area contributed by atoms with Crippen LogP contribution in [0.1, 0.15) is 26.2 Å². The van der Waals surface area contributed by atoms with Crippen LogP contribution in [0.3, 0.4) is 0 Å². The van der Waals surface area contributed by atoms with E-state index in [2.05, 4.69) is 21.2 Å². The van der Waals surface area contributed by atoms with Crippen LogP contribution in [0.15, 0.2) is 28.3 Å². The summed E-state index contributed by atoms with van der Waals surface area (Å²) in [5.74, 6) is 0.677. The van der Waals surface area contributed by atoms with Crippen LogP contribution in [-0.2, 0) is 26.6 Å². The zero-order chi connectivity index (χ0) is 20.9. The second kappa shape index (κ2) is 9.57. The Hall–Kier alpha value is -1.14. The summed E-state index contributed by atoms with van der Waals surface area (Å²) in [5.41, 5.74) is 1.51. The van der Waals surface area contributed by atoms with Gasteiger partial charge >= 0.3 is 0 Å². The minimum Gasteiger partial charge on any atom is -0.319 e. The van der Waals surface area contributed by atoms with Crippen LogP contribution in [0.4, 0.5) is 0 Å². The molecule has 0 radical (unpaired) electrons. The van der Waals surface area contributed by atoms with E-state index in [9.17, 15) is 16.8 Å². The number of nitrogens with zero attached hydrogens (tertiary/aromatic N) is 3. The van der Waals surface area contributed by atoms with Crippen molar-refractivity contribution in [2.75, 3.05) is 32.6 Å². The SMILES string of the molecule is CCCCn1c(SCCCS(=O)(=O)NC)nc2cc(S(=O)(=O)N(C)C)ccc21. The molecule has 28 heavy (non-hydrogen) atoms. The molecule has 0 aliphatic heterocycles. The van der Waals surface area contributed by atoms with Crippen molar-refractivity contribution in [1.29, 1.82) is 0 Å². The molecule has 0 spiro atoms. The van der Waals surface area contributed by atoms with E-state index < -0.39 is 20.0 Å². The van der Waals surface area contributed by atoms with Crippen molar-refractivity contribution in [2.24, 2.45) is 0 Å². The number of aryl methyl sites for hydroxylation is 1. The first-order valence-electron chi connectivity index (χ1n) is 9.09. The molecule has 0 aliphatic carbocycles. The van der Waals surface area contributed by atoms with E-state index in [4.69, 9.17) is 0 Å². The molecule has 0 amide bonds. The molecular weight excluding hydrogens is 420 g/mol. The number of fused-ring (bicyclic) bond motifs is 1. The summed E-state index contributed by atoms with van der Waals surface area (Å²) in [6, 6.07) is 5.00. The highest BCUT2D eigenvalue weighted by Crippen LogP contribution is 2.27. The van der Waals surface area contributed by atoms with Gasteiger partial charge in [-0.1, -0.05) is 25.1 Å². The number of hydrogen-bond donors (Lipinski definition) is 1. The molecule has 0 aliphatic rings. The fourth-order valence-corrected chi connectivity index (χ4v) is 5.43. The number of rotatable bonds is 11. The van der Waals surface area contributed by atoms with Gasteiger partial charge in [-0.2, -0.15) is 0 Å². The Bertz CT molecular complexity index is 1010. The third-order valence-corrected chi connectivity index (χ3v) is 8.62. The summed E-state index contributed by atoms with van der Waals surface area (Å²) >= 11 is 1.49. The number of benzene rings is 1. The Balaban J connectivity index is 2.30. The maximum absolute atomic E-state index is 12.4. The van der Waals surface area contributed by atoms with Gasteiger partial charge in [0.15, 0.2) is 5.16 Å². The van der Waals surface area contributed by atoms with Crippen LogP contribution < -0.4 is 4.72 Å². The molecule has 11 heteroatoms. The van der Waals surface area contributed by atoms with Crippen LogP contribution in [-0.4, -0.2) is 63.3 Å². The zero-order valence-electron chi connectivity index (χ0n) is 16.7. The van der Waals surface area contributed by atoms with Crippen LogP contribution in [0.25, 0.3) is 11.0 Å². The van der Waals surface area contributed by atoms with Crippen LogP contribution in [0.2, 0.25) is 0 Å². The van der Waals surface area contributed by atoms with Crippen molar-refractivity contribution in [3.63, 3.8) is 0 Å². The van der Waals surface area contributed by atoms with E-state index >= 15 is 0 Å². The van der Waals surface area contributed by atoms with Crippen molar-refractivity contribution >= 4 is 42.8 Å². The largest absolute Gasteiger partial charge is 0.319 e. The first-order chi connectivity index (χ1) is 13.1. The smallest absolute Gasteiger partial charge is 0.242 e. The molecule has 1 aromatic heterocycles. The van der Waals surface area contributed by atoms with Crippen LogP contribution in [0.5, 0.6) is 0 Å². The first kappa shape index (κ1) is 23.1. The topological polar surface area (TPSA) is 101 Å². The Labute approximate surface area is 171 Å².